The maximum absolute atomic E-state index is 11.8. The van der Waals surface area contributed by atoms with E-state index < -0.39 is 6.10 Å². The van der Waals surface area contributed by atoms with Gasteiger partial charge in [0, 0.05) is 11.9 Å². The highest BCUT2D eigenvalue weighted by molar-refractivity contribution is 6.30. The number of rotatable bonds is 5. The normalized spacial score (nSPS) is 16.0. The van der Waals surface area contributed by atoms with Crippen molar-refractivity contribution < 1.29 is 19.2 Å². The summed E-state index contributed by atoms with van der Waals surface area (Å²) in [6.45, 7) is 4.09. The zero-order valence-electron chi connectivity index (χ0n) is 11.8. The van der Waals surface area contributed by atoms with Crippen LogP contribution in [0.15, 0.2) is 24.3 Å². The van der Waals surface area contributed by atoms with Crippen LogP contribution in [-0.4, -0.2) is 42.0 Å². The first-order chi connectivity index (χ1) is 9.95. The lowest BCUT2D eigenvalue weighted by atomic mass is 10.2. The van der Waals surface area contributed by atoms with Gasteiger partial charge in [-0.15, -0.1) is 0 Å². The van der Waals surface area contributed by atoms with Crippen molar-refractivity contribution in [3.8, 4) is 5.75 Å². The van der Waals surface area contributed by atoms with Crippen molar-refractivity contribution in [2.75, 3.05) is 13.1 Å². The molecule has 1 heterocycles. The van der Waals surface area contributed by atoms with Gasteiger partial charge in [-0.2, -0.15) is 0 Å². The zero-order valence-corrected chi connectivity index (χ0v) is 12.6. The number of amides is 2. The van der Waals surface area contributed by atoms with Gasteiger partial charge in [0.25, 0.3) is 5.91 Å². The van der Waals surface area contributed by atoms with E-state index in [9.17, 15) is 9.59 Å². The number of nitrogens with one attached hydrogen (secondary N) is 1. The number of nitrogens with zero attached hydrogens (tertiary/aromatic N) is 1. The Hall–Kier alpha value is -1.79. The third-order valence-electron chi connectivity index (χ3n) is 3.12. The molecule has 0 aromatic heterocycles. The second-order valence-electron chi connectivity index (χ2n) is 4.84. The summed E-state index contributed by atoms with van der Waals surface area (Å²) in [5, 5.41) is 0.600. The van der Waals surface area contributed by atoms with Gasteiger partial charge in [0.1, 0.15) is 11.9 Å². The Morgan fingerprint density at radius 3 is 2.52 bits per heavy atom. The van der Waals surface area contributed by atoms with Gasteiger partial charge < -0.3 is 9.64 Å². The molecule has 1 aromatic carbocycles. The van der Waals surface area contributed by atoms with Gasteiger partial charge in [-0.1, -0.05) is 11.6 Å². The highest BCUT2D eigenvalue weighted by Crippen LogP contribution is 2.17. The van der Waals surface area contributed by atoms with Gasteiger partial charge in [-0.05, 0) is 31.2 Å². The SMILES string of the molecule is CC(=O)N1CC(ONC(=O)C(C)Oc2ccc(Cl)cc2)C1. The number of hydrogen-bond acceptors (Lipinski definition) is 4. The summed E-state index contributed by atoms with van der Waals surface area (Å²) >= 11 is 5.77. The van der Waals surface area contributed by atoms with E-state index >= 15 is 0 Å². The highest BCUT2D eigenvalue weighted by atomic mass is 35.5. The quantitative estimate of drug-likeness (QED) is 0.834. The van der Waals surface area contributed by atoms with Gasteiger partial charge >= 0.3 is 0 Å². The van der Waals surface area contributed by atoms with Crippen molar-refractivity contribution in [3.63, 3.8) is 0 Å². The average Bonchev–Trinajstić information content (AvgIpc) is 2.38. The summed E-state index contributed by atoms with van der Waals surface area (Å²) in [7, 11) is 0. The zero-order chi connectivity index (χ0) is 15.4. The van der Waals surface area contributed by atoms with Crippen molar-refractivity contribution >= 4 is 23.4 Å². The van der Waals surface area contributed by atoms with E-state index in [0.717, 1.165) is 0 Å². The Kier molecular flexibility index (Phi) is 5.03. The van der Waals surface area contributed by atoms with Gasteiger partial charge in [-0.25, -0.2) is 5.48 Å². The Balaban J connectivity index is 1.71. The fourth-order valence-corrected chi connectivity index (χ4v) is 1.89. The lowest BCUT2D eigenvalue weighted by Crippen LogP contribution is -2.56. The molecule has 0 spiro atoms. The van der Waals surface area contributed by atoms with Crippen molar-refractivity contribution in [3.05, 3.63) is 29.3 Å². The first-order valence-corrected chi connectivity index (χ1v) is 6.96. The maximum atomic E-state index is 11.8. The first kappa shape index (κ1) is 15.6. The molecule has 0 radical (unpaired) electrons. The number of halogens is 1. The number of likely N-dealkylation sites (tertiary alicyclic amines) is 1. The Labute approximate surface area is 127 Å². The molecule has 1 unspecified atom stereocenters. The minimum atomic E-state index is -0.699. The molecular weight excluding hydrogens is 296 g/mol. The Bertz CT molecular complexity index is 514. The number of carbonyl (C=O) groups is 2. The summed E-state index contributed by atoms with van der Waals surface area (Å²) in [4.78, 5) is 29.6. The van der Waals surface area contributed by atoms with Crippen LogP contribution in [0.5, 0.6) is 5.75 Å². The number of benzene rings is 1. The fraction of sp³-hybridized carbons (Fsp3) is 0.429. The van der Waals surface area contributed by atoms with Gasteiger partial charge in [0.05, 0.1) is 13.1 Å². The molecule has 0 bridgehead atoms. The molecule has 0 saturated carbocycles. The molecule has 1 aliphatic rings. The third kappa shape index (κ3) is 4.34. The predicted molar refractivity (Wildman–Crippen MR) is 76.8 cm³/mol. The Morgan fingerprint density at radius 1 is 1.33 bits per heavy atom. The van der Waals surface area contributed by atoms with E-state index in [-0.39, 0.29) is 17.9 Å². The van der Waals surface area contributed by atoms with Crippen LogP contribution in [0.2, 0.25) is 5.02 Å². The van der Waals surface area contributed by atoms with Crippen LogP contribution in [0.3, 0.4) is 0 Å². The van der Waals surface area contributed by atoms with Crippen molar-refractivity contribution in [1.29, 1.82) is 0 Å². The van der Waals surface area contributed by atoms with Crippen LogP contribution < -0.4 is 10.2 Å². The highest BCUT2D eigenvalue weighted by Gasteiger charge is 2.30. The van der Waals surface area contributed by atoms with E-state index in [1.54, 1.807) is 36.1 Å². The van der Waals surface area contributed by atoms with Crippen LogP contribution in [0, 0.1) is 0 Å². The topological polar surface area (TPSA) is 67.9 Å². The van der Waals surface area contributed by atoms with Gasteiger partial charge in [0.15, 0.2) is 6.10 Å². The standard InChI is InChI=1S/C14H17ClN2O4/c1-9(20-12-5-3-11(15)4-6-12)14(19)16-21-13-7-17(8-13)10(2)18/h3-6,9,13H,7-8H2,1-2H3,(H,16,19). The van der Waals surface area contributed by atoms with Crippen molar-refractivity contribution in [1.82, 2.24) is 10.4 Å². The third-order valence-corrected chi connectivity index (χ3v) is 3.37. The van der Waals surface area contributed by atoms with E-state index in [4.69, 9.17) is 21.2 Å². The largest absolute Gasteiger partial charge is 0.481 e. The monoisotopic (exact) mass is 312 g/mol. The first-order valence-electron chi connectivity index (χ1n) is 6.59. The van der Waals surface area contributed by atoms with Gasteiger partial charge in [-0.3, -0.25) is 14.4 Å². The molecular formula is C14H17ClN2O4. The van der Waals surface area contributed by atoms with Crippen LogP contribution in [0.4, 0.5) is 0 Å². The molecule has 114 valence electrons. The summed E-state index contributed by atoms with van der Waals surface area (Å²) in [5.41, 5.74) is 2.35. The van der Waals surface area contributed by atoms with E-state index in [1.807, 2.05) is 0 Å². The number of hydroxylamine groups is 1. The average molecular weight is 313 g/mol. The maximum Gasteiger partial charge on any atom is 0.284 e. The van der Waals surface area contributed by atoms with Gasteiger partial charge in [0.2, 0.25) is 5.91 Å². The molecule has 1 saturated heterocycles. The minimum Gasteiger partial charge on any atom is -0.481 e. The molecule has 1 fully saturated rings. The van der Waals surface area contributed by atoms with Crippen LogP contribution in [0.1, 0.15) is 13.8 Å². The van der Waals surface area contributed by atoms with Crippen LogP contribution in [0.25, 0.3) is 0 Å². The summed E-state index contributed by atoms with van der Waals surface area (Å²) in [6.07, 6.45) is -0.865. The molecule has 2 rings (SSSR count). The number of ether oxygens (including phenoxy) is 1. The molecule has 1 N–H and O–H groups in total. The smallest absolute Gasteiger partial charge is 0.284 e. The summed E-state index contributed by atoms with van der Waals surface area (Å²) < 4.78 is 5.46. The molecule has 1 atom stereocenters. The van der Waals surface area contributed by atoms with E-state index in [2.05, 4.69) is 5.48 Å². The van der Waals surface area contributed by atoms with Crippen molar-refractivity contribution in [2.24, 2.45) is 0 Å². The minimum absolute atomic E-state index is 0.000571. The van der Waals surface area contributed by atoms with E-state index in [0.29, 0.717) is 23.9 Å². The Morgan fingerprint density at radius 2 is 1.95 bits per heavy atom. The summed E-state index contributed by atoms with van der Waals surface area (Å²) in [6, 6.07) is 6.73. The fourth-order valence-electron chi connectivity index (χ4n) is 1.76. The van der Waals surface area contributed by atoms with Crippen molar-refractivity contribution in [2.45, 2.75) is 26.1 Å². The molecule has 2 amide bonds. The van der Waals surface area contributed by atoms with Crippen LogP contribution >= 0.6 is 11.6 Å². The molecule has 7 heteroatoms. The number of hydrogen-bond donors (Lipinski definition) is 1. The lowest BCUT2D eigenvalue weighted by molar-refractivity contribution is -0.161. The van der Waals surface area contributed by atoms with Crippen LogP contribution in [-0.2, 0) is 14.4 Å². The summed E-state index contributed by atoms with van der Waals surface area (Å²) in [5.74, 6) is 0.167. The van der Waals surface area contributed by atoms with E-state index in [1.165, 1.54) is 6.92 Å². The molecule has 21 heavy (non-hydrogen) atoms. The predicted octanol–water partition coefficient (Wildman–Crippen LogP) is 1.39. The molecule has 1 aromatic rings. The second kappa shape index (κ2) is 6.78. The number of carbonyl (C=O) groups excluding carboxylic acids is 2. The molecule has 1 aliphatic heterocycles. The molecule has 6 nitrogen and oxygen atoms in total. The second-order valence-corrected chi connectivity index (χ2v) is 5.28. The molecule has 0 aliphatic carbocycles. The lowest BCUT2D eigenvalue weighted by Gasteiger charge is -2.37.